The van der Waals surface area contributed by atoms with E-state index in [1.165, 1.54) is 18.2 Å². The fraction of sp³-hybridized carbons (Fsp3) is 0.500. The normalized spacial score (nSPS) is 15.1. The van der Waals surface area contributed by atoms with Gasteiger partial charge in [0.15, 0.2) is 0 Å². The van der Waals surface area contributed by atoms with E-state index in [-0.39, 0.29) is 23.2 Å². The highest BCUT2D eigenvalue weighted by molar-refractivity contribution is 6.31. The summed E-state index contributed by atoms with van der Waals surface area (Å²) in [4.78, 5) is 24.9. The van der Waals surface area contributed by atoms with Gasteiger partial charge in [-0.1, -0.05) is 24.4 Å². The Morgan fingerprint density at radius 1 is 1.38 bits per heavy atom. The van der Waals surface area contributed by atoms with Gasteiger partial charge < -0.3 is 4.90 Å². The average Bonchev–Trinajstić information content (AvgIpc) is 2.97. The standard InChI is InChI=1S/C14H16Cl2N2O3/c15-7-8-17(11-3-1-2-4-11)14(19)12-9-10(16)5-6-13(12)18(20)21/h5-6,9,11H,1-4,7-8H2. The Kier molecular flexibility index (Phi) is 5.42. The third-order valence-electron chi connectivity index (χ3n) is 3.74. The van der Waals surface area contributed by atoms with Crippen molar-refractivity contribution < 1.29 is 9.72 Å². The first-order valence-corrected chi connectivity index (χ1v) is 7.76. The van der Waals surface area contributed by atoms with Crippen molar-refractivity contribution in [3.05, 3.63) is 38.9 Å². The van der Waals surface area contributed by atoms with E-state index in [9.17, 15) is 14.9 Å². The Balaban J connectivity index is 2.35. The summed E-state index contributed by atoms with van der Waals surface area (Å²) in [6.45, 7) is 0.384. The molecule has 1 aromatic rings. The van der Waals surface area contributed by atoms with Crippen LogP contribution in [0.1, 0.15) is 36.0 Å². The van der Waals surface area contributed by atoms with Crippen LogP contribution in [0.15, 0.2) is 18.2 Å². The van der Waals surface area contributed by atoms with Gasteiger partial charge in [-0.05, 0) is 25.0 Å². The van der Waals surface area contributed by atoms with Crippen LogP contribution < -0.4 is 0 Å². The zero-order valence-corrected chi connectivity index (χ0v) is 12.9. The lowest BCUT2D eigenvalue weighted by Crippen LogP contribution is -2.40. The highest BCUT2D eigenvalue weighted by Gasteiger charge is 2.30. The molecule has 0 N–H and O–H groups in total. The Bertz CT molecular complexity index is 545. The smallest absolute Gasteiger partial charge is 0.282 e. The number of hydrogen-bond donors (Lipinski definition) is 0. The molecule has 0 aliphatic heterocycles. The van der Waals surface area contributed by atoms with Gasteiger partial charge >= 0.3 is 0 Å². The van der Waals surface area contributed by atoms with E-state index >= 15 is 0 Å². The van der Waals surface area contributed by atoms with E-state index in [0.717, 1.165) is 25.7 Å². The number of nitrogens with zero attached hydrogens (tertiary/aromatic N) is 2. The van der Waals surface area contributed by atoms with E-state index in [4.69, 9.17) is 23.2 Å². The van der Waals surface area contributed by atoms with Crippen LogP contribution >= 0.6 is 23.2 Å². The van der Waals surface area contributed by atoms with E-state index < -0.39 is 4.92 Å². The number of benzene rings is 1. The van der Waals surface area contributed by atoms with Crippen molar-refractivity contribution in [3.63, 3.8) is 0 Å². The number of carbonyl (C=O) groups excluding carboxylic acids is 1. The fourth-order valence-corrected chi connectivity index (χ4v) is 3.10. The van der Waals surface area contributed by atoms with Crippen molar-refractivity contribution in [2.75, 3.05) is 12.4 Å². The number of amides is 1. The lowest BCUT2D eigenvalue weighted by Gasteiger charge is -2.28. The molecule has 0 aromatic heterocycles. The SMILES string of the molecule is O=C(c1cc(Cl)ccc1[N+](=O)[O-])N(CCCl)C1CCCC1. The Morgan fingerprint density at radius 3 is 2.62 bits per heavy atom. The Morgan fingerprint density at radius 2 is 2.05 bits per heavy atom. The van der Waals surface area contributed by atoms with Crippen LogP contribution in [-0.4, -0.2) is 34.2 Å². The van der Waals surface area contributed by atoms with Crippen LogP contribution in [-0.2, 0) is 0 Å². The highest BCUT2D eigenvalue weighted by atomic mass is 35.5. The van der Waals surface area contributed by atoms with Crippen molar-refractivity contribution in [1.29, 1.82) is 0 Å². The maximum absolute atomic E-state index is 12.7. The van der Waals surface area contributed by atoms with Gasteiger partial charge in [0.1, 0.15) is 5.56 Å². The number of carbonyl (C=O) groups is 1. The zero-order valence-electron chi connectivity index (χ0n) is 11.4. The predicted molar refractivity (Wildman–Crippen MR) is 82.1 cm³/mol. The molecule has 1 aromatic carbocycles. The number of nitro benzene ring substituents is 1. The van der Waals surface area contributed by atoms with Crippen molar-refractivity contribution in [3.8, 4) is 0 Å². The van der Waals surface area contributed by atoms with E-state index in [2.05, 4.69) is 0 Å². The molecular formula is C14H16Cl2N2O3. The molecule has 1 amide bonds. The Labute approximate surface area is 133 Å². The first kappa shape index (κ1) is 16.0. The highest BCUT2D eigenvalue weighted by Crippen LogP contribution is 2.29. The maximum atomic E-state index is 12.7. The minimum absolute atomic E-state index is 0.0320. The summed E-state index contributed by atoms with van der Waals surface area (Å²) in [6.07, 6.45) is 3.96. The van der Waals surface area contributed by atoms with Crippen LogP contribution in [0, 0.1) is 10.1 Å². The molecule has 0 radical (unpaired) electrons. The largest absolute Gasteiger partial charge is 0.334 e. The van der Waals surface area contributed by atoms with Gasteiger partial charge in [0.05, 0.1) is 4.92 Å². The summed E-state index contributed by atoms with van der Waals surface area (Å²) in [6, 6.07) is 4.15. The molecule has 1 aliphatic rings. The molecule has 1 saturated carbocycles. The average molecular weight is 331 g/mol. The van der Waals surface area contributed by atoms with Crippen LogP contribution in [0.3, 0.4) is 0 Å². The summed E-state index contributed by atoms with van der Waals surface area (Å²) >= 11 is 11.7. The first-order chi connectivity index (χ1) is 10.0. The van der Waals surface area contributed by atoms with Crippen LogP contribution in [0.4, 0.5) is 5.69 Å². The molecule has 0 heterocycles. The molecule has 5 nitrogen and oxygen atoms in total. The summed E-state index contributed by atoms with van der Waals surface area (Å²) in [7, 11) is 0. The molecule has 0 unspecified atom stereocenters. The number of alkyl halides is 1. The summed E-state index contributed by atoms with van der Waals surface area (Å²) in [5.41, 5.74) is -0.188. The van der Waals surface area contributed by atoms with E-state index in [0.29, 0.717) is 17.4 Å². The molecule has 0 bridgehead atoms. The van der Waals surface area contributed by atoms with Gasteiger partial charge in [-0.15, -0.1) is 11.6 Å². The molecule has 0 saturated heterocycles. The number of hydrogen-bond acceptors (Lipinski definition) is 3. The number of nitro groups is 1. The summed E-state index contributed by atoms with van der Waals surface area (Å²) in [5.74, 6) is -0.0619. The Hall–Kier alpha value is -1.33. The molecule has 0 atom stereocenters. The van der Waals surface area contributed by atoms with Gasteiger partial charge in [-0.2, -0.15) is 0 Å². The second kappa shape index (κ2) is 7.09. The molecule has 1 aliphatic carbocycles. The number of rotatable bonds is 5. The van der Waals surface area contributed by atoms with Crippen LogP contribution in [0.5, 0.6) is 0 Å². The molecule has 7 heteroatoms. The molecule has 1 fully saturated rings. The minimum Gasteiger partial charge on any atom is -0.334 e. The van der Waals surface area contributed by atoms with Crippen molar-refractivity contribution in [1.82, 2.24) is 4.90 Å². The van der Waals surface area contributed by atoms with E-state index in [1.54, 1.807) is 4.90 Å². The quantitative estimate of drug-likeness (QED) is 0.467. The van der Waals surface area contributed by atoms with Crippen molar-refractivity contribution in [2.24, 2.45) is 0 Å². The topological polar surface area (TPSA) is 63.4 Å². The summed E-state index contributed by atoms with van der Waals surface area (Å²) in [5, 5.41) is 11.4. The van der Waals surface area contributed by atoms with Crippen LogP contribution in [0.2, 0.25) is 5.02 Å². The molecule has 21 heavy (non-hydrogen) atoms. The first-order valence-electron chi connectivity index (χ1n) is 6.85. The van der Waals surface area contributed by atoms with Gasteiger partial charge in [-0.25, -0.2) is 0 Å². The molecular weight excluding hydrogens is 315 g/mol. The minimum atomic E-state index is -0.558. The maximum Gasteiger partial charge on any atom is 0.282 e. The van der Waals surface area contributed by atoms with Gasteiger partial charge in [0, 0.05) is 29.6 Å². The van der Waals surface area contributed by atoms with Gasteiger partial charge in [0.2, 0.25) is 0 Å². The second-order valence-electron chi connectivity index (χ2n) is 5.04. The lowest BCUT2D eigenvalue weighted by molar-refractivity contribution is -0.385. The second-order valence-corrected chi connectivity index (χ2v) is 5.86. The van der Waals surface area contributed by atoms with Crippen molar-refractivity contribution in [2.45, 2.75) is 31.7 Å². The molecule has 2 rings (SSSR count). The molecule has 0 spiro atoms. The van der Waals surface area contributed by atoms with Crippen molar-refractivity contribution >= 4 is 34.8 Å². The third-order valence-corrected chi connectivity index (χ3v) is 4.14. The van der Waals surface area contributed by atoms with Gasteiger partial charge in [-0.3, -0.25) is 14.9 Å². The monoisotopic (exact) mass is 330 g/mol. The predicted octanol–water partition coefficient (Wildman–Crippen LogP) is 3.87. The van der Waals surface area contributed by atoms with Crippen LogP contribution in [0.25, 0.3) is 0 Å². The summed E-state index contributed by atoms with van der Waals surface area (Å²) < 4.78 is 0. The zero-order chi connectivity index (χ0) is 15.4. The lowest BCUT2D eigenvalue weighted by atomic mass is 10.1. The molecule has 114 valence electrons. The number of halogens is 2. The fourth-order valence-electron chi connectivity index (χ4n) is 2.75. The van der Waals surface area contributed by atoms with Gasteiger partial charge in [0.25, 0.3) is 11.6 Å². The van der Waals surface area contributed by atoms with E-state index in [1.807, 2.05) is 0 Å². The third kappa shape index (κ3) is 3.66.